The maximum atomic E-state index is 5.44. The van der Waals surface area contributed by atoms with Gasteiger partial charge in [-0.1, -0.05) is 6.07 Å². The molecule has 0 saturated carbocycles. The Morgan fingerprint density at radius 3 is 2.64 bits per heavy atom. The van der Waals surface area contributed by atoms with E-state index in [9.17, 15) is 0 Å². The van der Waals surface area contributed by atoms with Gasteiger partial charge in [-0.25, -0.2) is 0 Å². The molecular weight excluding hydrogens is 384 g/mol. The number of hydrogen-bond acceptors (Lipinski definition) is 4. The predicted octanol–water partition coefficient (Wildman–Crippen LogP) is 2.23. The fraction of sp³-hybridized carbons (Fsp3) is 0.611. The molecule has 0 bridgehead atoms. The Bertz CT molecular complexity index is 586. The van der Waals surface area contributed by atoms with Crippen molar-refractivity contribution in [3.63, 3.8) is 0 Å². The van der Waals surface area contributed by atoms with E-state index >= 15 is 0 Å². The molecule has 0 atom stereocenters. The molecule has 0 aromatic heterocycles. The van der Waals surface area contributed by atoms with Crippen molar-refractivity contribution in [2.75, 3.05) is 47.0 Å². The SMILES string of the molecule is CN=C(NCc1ccc(OC)c(Br)c1)NCC(C)(C)N1CCOCC1. The van der Waals surface area contributed by atoms with Gasteiger partial charge in [0.25, 0.3) is 0 Å². The summed E-state index contributed by atoms with van der Waals surface area (Å²) in [6.45, 7) is 9.57. The molecule has 1 saturated heterocycles. The summed E-state index contributed by atoms with van der Waals surface area (Å²) in [5, 5.41) is 6.79. The molecule has 0 radical (unpaired) electrons. The number of hydrogen-bond donors (Lipinski definition) is 2. The fourth-order valence-corrected chi connectivity index (χ4v) is 3.39. The number of nitrogens with one attached hydrogen (secondary N) is 2. The van der Waals surface area contributed by atoms with Crippen molar-refractivity contribution in [2.45, 2.75) is 25.9 Å². The van der Waals surface area contributed by atoms with Gasteiger partial charge in [-0.3, -0.25) is 9.89 Å². The highest BCUT2D eigenvalue weighted by atomic mass is 79.9. The first kappa shape index (κ1) is 20.0. The second kappa shape index (κ2) is 9.40. The van der Waals surface area contributed by atoms with Crippen LogP contribution in [-0.2, 0) is 11.3 Å². The highest BCUT2D eigenvalue weighted by Crippen LogP contribution is 2.25. The van der Waals surface area contributed by atoms with Crippen LogP contribution in [0.15, 0.2) is 27.7 Å². The Kier molecular flexibility index (Phi) is 7.53. The van der Waals surface area contributed by atoms with Crippen LogP contribution in [0.4, 0.5) is 0 Å². The first-order valence-electron chi connectivity index (χ1n) is 8.56. The molecule has 0 unspecified atom stereocenters. The lowest BCUT2D eigenvalue weighted by Crippen LogP contribution is -2.56. The van der Waals surface area contributed by atoms with Crippen molar-refractivity contribution >= 4 is 21.9 Å². The van der Waals surface area contributed by atoms with Crippen LogP contribution < -0.4 is 15.4 Å². The third-order valence-electron chi connectivity index (χ3n) is 4.46. The molecule has 2 N–H and O–H groups in total. The van der Waals surface area contributed by atoms with E-state index in [1.165, 1.54) is 0 Å². The van der Waals surface area contributed by atoms with Crippen LogP contribution in [0, 0.1) is 0 Å². The maximum Gasteiger partial charge on any atom is 0.191 e. The molecular formula is C18H29BrN4O2. The van der Waals surface area contributed by atoms with E-state index in [-0.39, 0.29) is 5.54 Å². The lowest BCUT2D eigenvalue weighted by molar-refractivity contribution is -0.00834. The molecule has 1 heterocycles. The fourth-order valence-electron chi connectivity index (χ4n) is 2.81. The van der Waals surface area contributed by atoms with E-state index in [0.29, 0.717) is 6.54 Å². The van der Waals surface area contributed by atoms with E-state index in [2.05, 4.69) is 56.4 Å². The summed E-state index contributed by atoms with van der Waals surface area (Å²) in [6.07, 6.45) is 0. The van der Waals surface area contributed by atoms with Crippen LogP contribution in [0.5, 0.6) is 5.75 Å². The van der Waals surface area contributed by atoms with Crippen molar-refractivity contribution in [1.82, 2.24) is 15.5 Å². The van der Waals surface area contributed by atoms with Crippen molar-refractivity contribution in [2.24, 2.45) is 4.99 Å². The zero-order valence-corrected chi connectivity index (χ0v) is 17.1. The zero-order chi connectivity index (χ0) is 18.3. The van der Waals surface area contributed by atoms with Gasteiger partial charge in [0, 0.05) is 38.8 Å². The van der Waals surface area contributed by atoms with Crippen LogP contribution in [0.25, 0.3) is 0 Å². The molecule has 1 fully saturated rings. The molecule has 1 aliphatic rings. The summed E-state index contributed by atoms with van der Waals surface area (Å²) < 4.78 is 11.7. The highest BCUT2D eigenvalue weighted by Gasteiger charge is 2.28. The minimum Gasteiger partial charge on any atom is -0.496 e. The van der Waals surface area contributed by atoms with E-state index in [4.69, 9.17) is 9.47 Å². The minimum atomic E-state index is 0.0462. The summed E-state index contributed by atoms with van der Waals surface area (Å²) in [7, 11) is 3.46. The van der Waals surface area contributed by atoms with Gasteiger partial charge in [0.2, 0.25) is 0 Å². The first-order valence-corrected chi connectivity index (χ1v) is 9.35. The molecule has 7 heteroatoms. The Balaban J connectivity index is 1.85. The lowest BCUT2D eigenvalue weighted by atomic mass is 10.0. The van der Waals surface area contributed by atoms with Gasteiger partial charge in [0.1, 0.15) is 5.75 Å². The summed E-state index contributed by atoms with van der Waals surface area (Å²) in [6, 6.07) is 6.05. The average Bonchev–Trinajstić information content (AvgIpc) is 2.62. The largest absolute Gasteiger partial charge is 0.496 e. The maximum absolute atomic E-state index is 5.44. The molecule has 0 amide bonds. The minimum absolute atomic E-state index is 0.0462. The van der Waals surface area contributed by atoms with Gasteiger partial charge in [-0.05, 0) is 47.5 Å². The van der Waals surface area contributed by atoms with Crippen LogP contribution in [-0.4, -0.2) is 63.4 Å². The van der Waals surface area contributed by atoms with Gasteiger partial charge in [0.15, 0.2) is 5.96 Å². The summed E-state index contributed by atoms with van der Waals surface area (Å²) in [5.74, 6) is 1.63. The third-order valence-corrected chi connectivity index (χ3v) is 5.08. The molecule has 1 aromatic carbocycles. The number of benzene rings is 1. The topological polar surface area (TPSA) is 58.1 Å². The van der Waals surface area contributed by atoms with Crippen LogP contribution in [0.2, 0.25) is 0 Å². The second-order valence-corrected chi connectivity index (χ2v) is 7.51. The van der Waals surface area contributed by atoms with Crippen LogP contribution >= 0.6 is 15.9 Å². The van der Waals surface area contributed by atoms with Gasteiger partial charge in [-0.2, -0.15) is 0 Å². The number of nitrogens with zero attached hydrogens (tertiary/aromatic N) is 2. The monoisotopic (exact) mass is 412 g/mol. The molecule has 25 heavy (non-hydrogen) atoms. The number of ether oxygens (including phenoxy) is 2. The normalized spacial score (nSPS) is 16.6. The van der Waals surface area contributed by atoms with Crippen LogP contribution in [0.3, 0.4) is 0 Å². The van der Waals surface area contributed by atoms with Crippen LogP contribution in [0.1, 0.15) is 19.4 Å². The average molecular weight is 413 g/mol. The molecule has 1 aliphatic heterocycles. The Labute approximate surface area is 159 Å². The number of methoxy groups -OCH3 is 1. The van der Waals surface area contributed by atoms with E-state index < -0.39 is 0 Å². The van der Waals surface area contributed by atoms with E-state index in [1.807, 2.05) is 12.1 Å². The highest BCUT2D eigenvalue weighted by molar-refractivity contribution is 9.10. The number of aliphatic imine (C=N–C) groups is 1. The summed E-state index contributed by atoms with van der Waals surface area (Å²) in [5.41, 5.74) is 1.20. The smallest absolute Gasteiger partial charge is 0.191 e. The molecule has 1 aromatic rings. The number of morpholine rings is 1. The molecule has 140 valence electrons. The molecule has 2 rings (SSSR count). The molecule has 0 spiro atoms. The second-order valence-electron chi connectivity index (χ2n) is 6.66. The van der Waals surface area contributed by atoms with Crippen molar-refractivity contribution in [1.29, 1.82) is 0 Å². The van der Waals surface area contributed by atoms with Gasteiger partial charge in [0.05, 0.1) is 24.8 Å². The van der Waals surface area contributed by atoms with E-state index in [0.717, 1.165) is 54.6 Å². The van der Waals surface area contributed by atoms with Gasteiger partial charge in [-0.15, -0.1) is 0 Å². The molecule has 6 nitrogen and oxygen atoms in total. The summed E-state index contributed by atoms with van der Waals surface area (Å²) in [4.78, 5) is 6.78. The van der Waals surface area contributed by atoms with Crippen molar-refractivity contribution in [3.8, 4) is 5.75 Å². The zero-order valence-electron chi connectivity index (χ0n) is 15.6. The Morgan fingerprint density at radius 1 is 1.32 bits per heavy atom. The Morgan fingerprint density at radius 2 is 2.04 bits per heavy atom. The number of halogens is 1. The number of guanidine groups is 1. The van der Waals surface area contributed by atoms with Gasteiger partial charge < -0.3 is 20.1 Å². The molecule has 0 aliphatic carbocycles. The lowest BCUT2D eigenvalue weighted by Gasteiger charge is -2.41. The van der Waals surface area contributed by atoms with Gasteiger partial charge >= 0.3 is 0 Å². The van der Waals surface area contributed by atoms with E-state index in [1.54, 1.807) is 14.2 Å². The van der Waals surface area contributed by atoms with Crippen molar-refractivity contribution in [3.05, 3.63) is 28.2 Å². The number of rotatable bonds is 6. The third kappa shape index (κ3) is 5.87. The standard InChI is InChI=1S/C18H29BrN4O2/c1-18(2,23-7-9-25-10-8-23)13-22-17(20-3)21-12-14-5-6-16(24-4)15(19)11-14/h5-6,11H,7-10,12-13H2,1-4H3,(H2,20,21,22). The Hall–Kier alpha value is -1.31. The van der Waals surface area contributed by atoms with Crippen molar-refractivity contribution < 1.29 is 9.47 Å². The quantitative estimate of drug-likeness (QED) is 0.554. The first-order chi connectivity index (χ1) is 12.0. The summed E-state index contributed by atoms with van der Waals surface area (Å²) >= 11 is 3.52. The predicted molar refractivity (Wildman–Crippen MR) is 105 cm³/mol.